The molecule has 0 saturated carbocycles. The Hall–Kier alpha value is -4.79. The molecule has 9 nitrogen and oxygen atoms in total. The van der Waals surface area contributed by atoms with Gasteiger partial charge in [0.15, 0.2) is 0 Å². The minimum absolute atomic E-state index is 0.0641. The Kier molecular flexibility index (Phi) is 9.29. The summed E-state index contributed by atoms with van der Waals surface area (Å²) in [7, 11) is 4.38. The Bertz CT molecular complexity index is 1470. The molecule has 3 aromatic carbocycles. The maximum atomic E-state index is 14.1. The fourth-order valence-electron chi connectivity index (χ4n) is 5.85. The van der Waals surface area contributed by atoms with E-state index in [-0.39, 0.29) is 25.5 Å². The van der Waals surface area contributed by atoms with Gasteiger partial charge in [-0.2, -0.15) is 0 Å². The number of nitrogens with one attached hydrogen (secondary N) is 1. The molecule has 1 heterocycles. The first-order valence-electron chi connectivity index (χ1n) is 14.3. The van der Waals surface area contributed by atoms with Crippen LogP contribution in [0, 0.1) is 0 Å². The summed E-state index contributed by atoms with van der Waals surface area (Å²) in [6.45, 7) is 0.183. The predicted octanol–water partition coefficient (Wildman–Crippen LogP) is 5.22. The highest BCUT2D eigenvalue weighted by Gasteiger charge is 2.36. The summed E-state index contributed by atoms with van der Waals surface area (Å²) in [5.41, 5.74) is 5.12. The normalized spacial score (nSPS) is 18.8. The van der Waals surface area contributed by atoms with Gasteiger partial charge >= 0.3 is 12.1 Å². The third-order valence-corrected chi connectivity index (χ3v) is 8.05. The standard InChI is InChI=1S/C34H36N2O7/c1-40-23-18-17-22(31(19-23)41-2)20-36-30(33(38)42-3)16-6-4-5-15-29(32(36)37)35-34(39)43-21-28-26-13-9-7-11-24(26)25-12-8-10-14-27(25)28/h4-5,7-14,17-19,28-30H,6,15-16,20-21H2,1-3H3,(H,35,39)/b5-4-/t29-,30-/m0/s1. The summed E-state index contributed by atoms with van der Waals surface area (Å²) in [5.74, 6) is 0.0380. The summed E-state index contributed by atoms with van der Waals surface area (Å²) in [4.78, 5) is 41.6. The van der Waals surface area contributed by atoms with Crippen molar-refractivity contribution >= 4 is 18.0 Å². The van der Waals surface area contributed by atoms with Crippen LogP contribution in [0.4, 0.5) is 4.79 Å². The fourth-order valence-corrected chi connectivity index (χ4v) is 5.85. The zero-order chi connectivity index (χ0) is 30.3. The summed E-state index contributed by atoms with van der Waals surface area (Å²) in [6, 6.07) is 19.6. The Morgan fingerprint density at radius 3 is 2.26 bits per heavy atom. The van der Waals surface area contributed by atoms with Crippen molar-refractivity contribution in [2.75, 3.05) is 27.9 Å². The zero-order valence-electron chi connectivity index (χ0n) is 24.6. The number of amides is 2. The number of alkyl carbamates (subject to hydrolysis) is 1. The Balaban J connectivity index is 1.35. The largest absolute Gasteiger partial charge is 0.497 e. The summed E-state index contributed by atoms with van der Waals surface area (Å²) in [6.07, 6.45) is 4.22. The van der Waals surface area contributed by atoms with Gasteiger partial charge < -0.3 is 29.2 Å². The van der Waals surface area contributed by atoms with Crippen LogP contribution in [0.1, 0.15) is 41.9 Å². The van der Waals surface area contributed by atoms with Crippen molar-refractivity contribution in [3.63, 3.8) is 0 Å². The van der Waals surface area contributed by atoms with E-state index in [1.165, 1.54) is 19.1 Å². The lowest BCUT2D eigenvalue weighted by molar-refractivity contribution is -0.154. The van der Waals surface area contributed by atoms with Crippen molar-refractivity contribution in [2.24, 2.45) is 0 Å². The predicted molar refractivity (Wildman–Crippen MR) is 161 cm³/mol. The smallest absolute Gasteiger partial charge is 0.407 e. The van der Waals surface area contributed by atoms with Gasteiger partial charge in [-0.25, -0.2) is 9.59 Å². The van der Waals surface area contributed by atoms with Crippen LogP contribution in [-0.2, 0) is 25.6 Å². The van der Waals surface area contributed by atoms with E-state index in [0.717, 1.165) is 22.3 Å². The number of nitrogens with zero attached hydrogens (tertiary/aromatic N) is 1. The van der Waals surface area contributed by atoms with E-state index in [4.69, 9.17) is 18.9 Å². The van der Waals surface area contributed by atoms with E-state index < -0.39 is 30.1 Å². The molecular formula is C34H36N2O7. The van der Waals surface area contributed by atoms with Crippen molar-refractivity contribution < 1.29 is 33.3 Å². The summed E-state index contributed by atoms with van der Waals surface area (Å²) in [5, 5.41) is 2.77. The van der Waals surface area contributed by atoms with Crippen LogP contribution in [0.25, 0.3) is 11.1 Å². The van der Waals surface area contributed by atoms with E-state index in [0.29, 0.717) is 29.9 Å². The van der Waals surface area contributed by atoms with Crippen LogP contribution < -0.4 is 14.8 Å². The molecule has 224 valence electrons. The van der Waals surface area contributed by atoms with Gasteiger partial charge in [0.05, 0.1) is 27.9 Å². The monoisotopic (exact) mass is 584 g/mol. The van der Waals surface area contributed by atoms with Gasteiger partial charge in [0, 0.05) is 17.5 Å². The van der Waals surface area contributed by atoms with Crippen LogP contribution in [0.3, 0.4) is 0 Å². The first kappa shape index (κ1) is 29.7. The SMILES string of the molecule is COC(=O)[C@@H]1CC/C=C\C[C@H](NC(=O)OCC2c3ccccc3-c3ccccc32)C(=O)N1Cc1ccc(OC)cc1OC. The molecular weight excluding hydrogens is 548 g/mol. The topological polar surface area (TPSA) is 103 Å². The second kappa shape index (κ2) is 13.5. The van der Waals surface area contributed by atoms with Crippen molar-refractivity contribution in [3.05, 3.63) is 95.6 Å². The highest BCUT2D eigenvalue weighted by Crippen LogP contribution is 2.44. The lowest BCUT2D eigenvalue weighted by Crippen LogP contribution is -2.53. The molecule has 9 heteroatoms. The molecule has 0 aromatic heterocycles. The molecule has 0 spiro atoms. The first-order valence-corrected chi connectivity index (χ1v) is 14.3. The number of fused-ring (bicyclic) bond motifs is 3. The minimum atomic E-state index is -0.957. The van der Waals surface area contributed by atoms with Crippen LogP contribution in [0.15, 0.2) is 78.9 Å². The molecule has 1 aliphatic heterocycles. The maximum absolute atomic E-state index is 14.1. The highest BCUT2D eigenvalue weighted by molar-refractivity contribution is 5.90. The van der Waals surface area contributed by atoms with Crippen LogP contribution >= 0.6 is 0 Å². The quantitative estimate of drug-likeness (QED) is 0.286. The van der Waals surface area contributed by atoms with E-state index in [1.807, 2.05) is 48.6 Å². The molecule has 2 aliphatic rings. The Morgan fingerprint density at radius 2 is 1.60 bits per heavy atom. The average Bonchev–Trinajstić information content (AvgIpc) is 3.39. The number of hydrogen-bond acceptors (Lipinski definition) is 7. The lowest BCUT2D eigenvalue weighted by Gasteiger charge is -2.33. The molecule has 1 aliphatic carbocycles. The van der Waals surface area contributed by atoms with E-state index in [2.05, 4.69) is 17.4 Å². The molecule has 2 amide bonds. The number of esters is 1. The number of methoxy groups -OCH3 is 3. The number of hydrogen-bond donors (Lipinski definition) is 1. The molecule has 0 fully saturated rings. The average molecular weight is 585 g/mol. The summed E-state index contributed by atoms with van der Waals surface area (Å²) >= 11 is 0. The molecule has 43 heavy (non-hydrogen) atoms. The van der Waals surface area contributed by atoms with Gasteiger partial charge in [0.1, 0.15) is 30.2 Å². The van der Waals surface area contributed by atoms with Crippen LogP contribution in [0.2, 0.25) is 0 Å². The number of carbonyl (C=O) groups is 3. The maximum Gasteiger partial charge on any atom is 0.407 e. The molecule has 0 bridgehead atoms. The second-order valence-electron chi connectivity index (χ2n) is 10.5. The van der Waals surface area contributed by atoms with Gasteiger partial charge in [-0.15, -0.1) is 0 Å². The van der Waals surface area contributed by atoms with Gasteiger partial charge in [-0.1, -0.05) is 60.7 Å². The van der Waals surface area contributed by atoms with Gasteiger partial charge in [-0.3, -0.25) is 4.79 Å². The number of benzene rings is 3. The van der Waals surface area contributed by atoms with E-state index >= 15 is 0 Å². The minimum Gasteiger partial charge on any atom is -0.497 e. The Labute approximate surface area is 251 Å². The first-order chi connectivity index (χ1) is 20.9. The van der Waals surface area contributed by atoms with Crippen molar-refractivity contribution in [3.8, 4) is 22.6 Å². The third-order valence-electron chi connectivity index (χ3n) is 8.05. The highest BCUT2D eigenvalue weighted by atomic mass is 16.5. The molecule has 0 unspecified atom stereocenters. The van der Waals surface area contributed by atoms with Gasteiger partial charge in [0.25, 0.3) is 0 Å². The van der Waals surface area contributed by atoms with Gasteiger partial charge in [0.2, 0.25) is 5.91 Å². The molecule has 0 saturated heterocycles. The fraction of sp³-hybridized carbons (Fsp3) is 0.324. The van der Waals surface area contributed by atoms with Crippen molar-refractivity contribution in [1.82, 2.24) is 10.2 Å². The molecule has 5 rings (SSSR count). The van der Waals surface area contributed by atoms with Crippen LogP contribution in [0.5, 0.6) is 11.5 Å². The molecule has 1 N–H and O–H groups in total. The second-order valence-corrected chi connectivity index (χ2v) is 10.5. The van der Waals surface area contributed by atoms with Crippen molar-refractivity contribution in [2.45, 2.75) is 43.8 Å². The summed E-state index contributed by atoms with van der Waals surface area (Å²) < 4.78 is 21.7. The van der Waals surface area contributed by atoms with E-state index in [1.54, 1.807) is 25.3 Å². The molecule has 2 atom stereocenters. The van der Waals surface area contributed by atoms with E-state index in [9.17, 15) is 14.4 Å². The molecule has 3 aromatic rings. The lowest BCUT2D eigenvalue weighted by atomic mass is 9.98. The number of allylic oxidation sites excluding steroid dienone is 1. The zero-order valence-corrected chi connectivity index (χ0v) is 24.6. The number of ether oxygens (including phenoxy) is 4. The molecule has 0 radical (unpaired) electrons. The van der Waals surface area contributed by atoms with Crippen LogP contribution in [-0.4, -0.2) is 62.9 Å². The third kappa shape index (κ3) is 6.35. The van der Waals surface area contributed by atoms with Gasteiger partial charge in [-0.05, 0) is 53.6 Å². The number of rotatable bonds is 8. The number of carbonyl (C=O) groups excluding carboxylic acids is 3. The Morgan fingerprint density at radius 1 is 0.907 bits per heavy atom. The van der Waals surface area contributed by atoms with Crippen molar-refractivity contribution in [1.29, 1.82) is 0 Å².